The number of aryl methyl sites for hydroxylation is 2. The molecule has 5 heteroatoms. The lowest BCUT2D eigenvalue weighted by molar-refractivity contribution is -0.122. The van der Waals surface area contributed by atoms with Crippen LogP contribution in [-0.2, 0) is 4.79 Å². The Hall–Kier alpha value is -3.05. The normalized spacial score (nSPS) is 12.6. The van der Waals surface area contributed by atoms with Crippen LogP contribution in [0.3, 0.4) is 0 Å². The van der Waals surface area contributed by atoms with Crippen molar-refractivity contribution in [2.24, 2.45) is 0 Å². The van der Waals surface area contributed by atoms with Gasteiger partial charge in [0.1, 0.15) is 5.78 Å². The van der Waals surface area contributed by atoms with Crippen molar-refractivity contribution in [2.75, 3.05) is 0 Å². The molecule has 5 nitrogen and oxygen atoms in total. The van der Waals surface area contributed by atoms with Crippen LogP contribution in [0.5, 0.6) is 0 Å². The van der Waals surface area contributed by atoms with Crippen LogP contribution < -0.4 is 0 Å². The zero-order chi connectivity index (χ0) is 18.9. The van der Waals surface area contributed by atoms with Crippen LogP contribution >= 0.6 is 0 Å². The molecule has 2 heterocycles. The molecule has 26 heavy (non-hydrogen) atoms. The van der Waals surface area contributed by atoms with E-state index < -0.39 is 11.8 Å². The van der Waals surface area contributed by atoms with Gasteiger partial charge in [-0.3, -0.25) is 14.8 Å². The number of rotatable bonds is 8. The van der Waals surface area contributed by atoms with E-state index in [1.54, 1.807) is 12.4 Å². The van der Waals surface area contributed by atoms with Gasteiger partial charge in [0.05, 0.1) is 12.1 Å². The highest BCUT2D eigenvalue weighted by Gasteiger charge is 2.31. The highest BCUT2D eigenvalue weighted by molar-refractivity contribution is 5.92. The molecule has 0 saturated carbocycles. The predicted molar refractivity (Wildman–Crippen MR) is 98.1 cm³/mol. The van der Waals surface area contributed by atoms with Gasteiger partial charge in [0.25, 0.3) is 0 Å². The van der Waals surface area contributed by atoms with E-state index in [0.717, 1.165) is 22.5 Å². The van der Waals surface area contributed by atoms with E-state index in [1.165, 1.54) is 0 Å². The zero-order valence-corrected chi connectivity index (χ0v) is 15.1. The van der Waals surface area contributed by atoms with E-state index in [0.29, 0.717) is 25.7 Å². The first-order valence-corrected chi connectivity index (χ1v) is 8.70. The fourth-order valence-electron chi connectivity index (χ4n) is 3.29. The largest absolute Gasteiger partial charge is 0.298 e. The molecular weight excluding hydrogens is 324 g/mol. The van der Waals surface area contributed by atoms with Crippen LogP contribution in [0.15, 0.2) is 36.7 Å². The summed E-state index contributed by atoms with van der Waals surface area (Å²) < 4.78 is 0. The van der Waals surface area contributed by atoms with Gasteiger partial charge < -0.3 is 0 Å². The third kappa shape index (κ3) is 4.52. The van der Waals surface area contributed by atoms with Crippen molar-refractivity contribution in [1.82, 2.24) is 9.97 Å². The van der Waals surface area contributed by atoms with Gasteiger partial charge in [-0.2, -0.15) is 10.5 Å². The summed E-state index contributed by atoms with van der Waals surface area (Å²) >= 11 is 0. The molecule has 2 aromatic heterocycles. The van der Waals surface area contributed by atoms with Crippen LogP contribution in [-0.4, -0.2) is 15.8 Å². The summed E-state index contributed by atoms with van der Waals surface area (Å²) in [4.78, 5) is 22.1. The average Bonchev–Trinajstić information content (AvgIpc) is 2.65. The molecule has 0 aromatic carbocycles. The number of nitriles is 2. The van der Waals surface area contributed by atoms with E-state index in [9.17, 15) is 4.79 Å². The van der Waals surface area contributed by atoms with Gasteiger partial charge in [-0.1, -0.05) is 12.1 Å². The smallest absolute Gasteiger partial charge is 0.147 e. The minimum Gasteiger partial charge on any atom is -0.298 e. The molecule has 0 radical (unpaired) electrons. The average molecular weight is 346 g/mol. The number of carbonyl (C=O) groups excluding carboxylic acids is 1. The molecule has 0 aliphatic rings. The molecule has 0 spiro atoms. The Morgan fingerprint density at radius 3 is 1.69 bits per heavy atom. The summed E-state index contributed by atoms with van der Waals surface area (Å²) in [5.74, 6) is -0.791. The van der Waals surface area contributed by atoms with E-state index in [4.69, 9.17) is 10.5 Å². The molecule has 2 aromatic rings. The maximum Gasteiger partial charge on any atom is 0.147 e. The van der Waals surface area contributed by atoms with Crippen molar-refractivity contribution in [3.8, 4) is 12.1 Å². The molecule has 0 saturated heterocycles. The highest BCUT2D eigenvalue weighted by atomic mass is 16.1. The molecule has 132 valence electrons. The van der Waals surface area contributed by atoms with Gasteiger partial charge in [-0.15, -0.1) is 0 Å². The molecule has 0 bridgehead atoms. The monoisotopic (exact) mass is 346 g/mol. The molecule has 0 amide bonds. The predicted octanol–water partition coefficient (Wildman–Crippen LogP) is 4.14. The number of Topliss-reactive ketones (excluding diaryl/α,β-unsaturated/α-hetero) is 1. The van der Waals surface area contributed by atoms with Gasteiger partial charge in [-0.05, 0) is 49.9 Å². The summed E-state index contributed by atoms with van der Waals surface area (Å²) in [7, 11) is 0. The third-order valence-electron chi connectivity index (χ3n) is 4.62. The topological polar surface area (TPSA) is 90.4 Å². The van der Waals surface area contributed by atoms with E-state index in [2.05, 4.69) is 22.1 Å². The molecule has 0 fully saturated rings. The van der Waals surface area contributed by atoms with E-state index in [-0.39, 0.29) is 5.78 Å². The second kappa shape index (κ2) is 9.44. The van der Waals surface area contributed by atoms with Crippen molar-refractivity contribution in [3.63, 3.8) is 0 Å². The quantitative estimate of drug-likeness (QED) is 0.716. The maximum absolute atomic E-state index is 13.5. The minimum atomic E-state index is -0.411. The molecule has 2 unspecified atom stereocenters. The van der Waals surface area contributed by atoms with Crippen molar-refractivity contribution >= 4 is 5.78 Å². The molecule has 2 rings (SSSR count). The van der Waals surface area contributed by atoms with E-state index >= 15 is 0 Å². The second-order valence-corrected chi connectivity index (χ2v) is 6.26. The number of nitrogens with zero attached hydrogens (tertiary/aromatic N) is 4. The summed E-state index contributed by atoms with van der Waals surface area (Å²) in [6, 6.07) is 11.7. The van der Waals surface area contributed by atoms with Gasteiger partial charge in [0, 0.05) is 48.5 Å². The summed E-state index contributed by atoms with van der Waals surface area (Å²) in [6.07, 6.45) is 4.88. The molecule has 0 N–H and O–H groups in total. The lowest BCUT2D eigenvalue weighted by Gasteiger charge is -2.24. The van der Waals surface area contributed by atoms with Gasteiger partial charge in [0.2, 0.25) is 0 Å². The highest BCUT2D eigenvalue weighted by Crippen LogP contribution is 2.34. The lowest BCUT2D eigenvalue weighted by Crippen LogP contribution is -2.23. The van der Waals surface area contributed by atoms with Crippen molar-refractivity contribution < 1.29 is 4.79 Å². The molecule has 0 aliphatic carbocycles. The Morgan fingerprint density at radius 2 is 1.35 bits per heavy atom. The van der Waals surface area contributed by atoms with Crippen molar-refractivity contribution in [1.29, 1.82) is 10.5 Å². The number of hydrogen-bond donors (Lipinski definition) is 0. The van der Waals surface area contributed by atoms with Crippen molar-refractivity contribution in [3.05, 3.63) is 59.2 Å². The van der Waals surface area contributed by atoms with Crippen LogP contribution in [0.2, 0.25) is 0 Å². The number of hydrogen-bond acceptors (Lipinski definition) is 5. The minimum absolute atomic E-state index is 0.0303. The van der Waals surface area contributed by atoms with Crippen LogP contribution in [0, 0.1) is 36.5 Å². The zero-order valence-electron chi connectivity index (χ0n) is 15.1. The maximum atomic E-state index is 13.5. The van der Waals surface area contributed by atoms with Crippen LogP contribution in [0.25, 0.3) is 0 Å². The summed E-state index contributed by atoms with van der Waals surface area (Å²) in [6.45, 7) is 3.75. The van der Waals surface area contributed by atoms with Crippen LogP contribution in [0.4, 0.5) is 0 Å². The Labute approximate surface area is 154 Å². The first kappa shape index (κ1) is 19.3. The summed E-state index contributed by atoms with van der Waals surface area (Å²) in [5, 5.41) is 18.0. The lowest BCUT2D eigenvalue weighted by atomic mass is 9.79. The third-order valence-corrected chi connectivity index (χ3v) is 4.62. The SMILES string of the molecule is Cc1ncccc1C(CCC#N)C(=O)C(CCC#N)c1cccnc1C. The Morgan fingerprint density at radius 1 is 0.923 bits per heavy atom. The number of ketones is 1. The van der Waals surface area contributed by atoms with E-state index in [1.807, 2.05) is 38.1 Å². The molecule has 0 aliphatic heterocycles. The number of pyridine rings is 2. The second-order valence-electron chi connectivity index (χ2n) is 6.26. The first-order valence-electron chi connectivity index (χ1n) is 8.70. The molecule has 2 atom stereocenters. The Kier molecular flexibility index (Phi) is 7.00. The Balaban J connectivity index is 2.45. The fourth-order valence-corrected chi connectivity index (χ4v) is 3.29. The number of carbonyl (C=O) groups is 1. The Bertz CT molecular complexity index is 778. The van der Waals surface area contributed by atoms with Crippen LogP contribution in [0.1, 0.15) is 60.0 Å². The fraction of sp³-hybridized carbons (Fsp3) is 0.381. The van der Waals surface area contributed by atoms with Crippen molar-refractivity contribution in [2.45, 2.75) is 51.4 Å². The van der Waals surface area contributed by atoms with Gasteiger partial charge in [-0.25, -0.2) is 0 Å². The standard InChI is InChI=1S/C21H22N4O/c1-15-17(9-5-13-24-15)19(7-3-11-22)21(26)20(8-4-12-23)18-10-6-14-25-16(18)2/h5-6,9-10,13-14,19-20H,3-4,7-8H2,1-2H3. The van der Waals surface area contributed by atoms with Gasteiger partial charge in [0.15, 0.2) is 0 Å². The number of aromatic nitrogens is 2. The summed E-state index contributed by atoms with van der Waals surface area (Å²) in [5.41, 5.74) is 3.31. The van der Waals surface area contributed by atoms with Gasteiger partial charge >= 0.3 is 0 Å². The first-order chi connectivity index (χ1) is 12.6. The molecular formula is C21H22N4O.